The lowest BCUT2D eigenvalue weighted by Crippen LogP contribution is -2.40. The summed E-state index contributed by atoms with van der Waals surface area (Å²) in [5.74, 6) is 1.43. The first kappa shape index (κ1) is 20.3. The van der Waals surface area contributed by atoms with Crippen LogP contribution in [0.4, 0.5) is 0 Å². The van der Waals surface area contributed by atoms with Crippen LogP contribution in [0.5, 0.6) is 11.5 Å². The first-order chi connectivity index (χ1) is 14.5. The van der Waals surface area contributed by atoms with Crippen molar-refractivity contribution < 1.29 is 19.1 Å². The molecule has 2 N–H and O–H groups in total. The maximum Gasteiger partial charge on any atom is 0.254 e. The summed E-state index contributed by atoms with van der Waals surface area (Å²) in [6.07, 6.45) is 4.77. The van der Waals surface area contributed by atoms with Gasteiger partial charge in [-0.2, -0.15) is 5.10 Å². The molecule has 1 aliphatic carbocycles. The van der Waals surface area contributed by atoms with Gasteiger partial charge in [-0.1, -0.05) is 6.07 Å². The fraction of sp³-hybridized carbons (Fsp3) is 0.500. The maximum absolute atomic E-state index is 12.6. The lowest BCUT2D eigenvalue weighted by molar-refractivity contribution is -0.126. The van der Waals surface area contributed by atoms with E-state index in [1.165, 1.54) is 0 Å². The molecule has 160 valence electrons. The molecular weight excluding hydrogens is 384 g/mol. The van der Waals surface area contributed by atoms with E-state index < -0.39 is 0 Å². The van der Waals surface area contributed by atoms with Crippen LogP contribution >= 0.6 is 0 Å². The highest BCUT2D eigenvalue weighted by Gasteiger charge is 2.28. The fourth-order valence-electron chi connectivity index (χ4n) is 4.14. The van der Waals surface area contributed by atoms with Crippen molar-refractivity contribution in [1.82, 2.24) is 20.4 Å². The van der Waals surface area contributed by atoms with E-state index in [0.717, 1.165) is 55.0 Å². The van der Waals surface area contributed by atoms with Crippen molar-refractivity contribution in [3.05, 3.63) is 41.2 Å². The van der Waals surface area contributed by atoms with Crippen LogP contribution in [0.25, 0.3) is 0 Å². The molecule has 0 bridgehead atoms. The Morgan fingerprint density at radius 2 is 1.93 bits per heavy atom. The maximum atomic E-state index is 12.6. The summed E-state index contributed by atoms with van der Waals surface area (Å²) in [5.41, 5.74) is 2.49. The number of nitrogens with zero attached hydrogens (tertiary/aromatic N) is 2. The first-order valence-corrected chi connectivity index (χ1v) is 10.5. The van der Waals surface area contributed by atoms with E-state index in [4.69, 9.17) is 9.47 Å². The molecule has 0 spiro atoms. The summed E-state index contributed by atoms with van der Waals surface area (Å²) in [6, 6.07) is 5.80. The molecule has 4 rings (SSSR count). The number of fused-ring (bicyclic) bond motifs is 1. The predicted molar refractivity (Wildman–Crippen MR) is 110 cm³/mol. The third-order valence-electron chi connectivity index (χ3n) is 5.98. The van der Waals surface area contributed by atoms with E-state index in [1.807, 2.05) is 36.7 Å². The Balaban J connectivity index is 1.23. The van der Waals surface area contributed by atoms with Crippen LogP contribution in [-0.4, -0.2) is 34.4 Å². The van der Waals surface area contributed by atoms with Gasteiger partial charge in [0.2, 0.25) is 12.7 Å². The summed E-state index contributed by atoms with van der Waals surface area (Å²) in [6.45, 7) is 5.36. The number of nitrogens with one attached hydrogen (secondary N) is 2. The van der Waals surface area contributed by atoms with E-state index in [2.05, 4.69) is 15.7 Å². The predicted octanol–water partition coefficient (Wildman–Crippen LogP) is 2.55. The zero-order valence-electron chi connectivity index (χ0n) is 17.4. The van der Waals surface area contributed by atoms with Crippen LogP contribution in [-0.2, 0) is 17.9 Å². The minimum absolute atomic E-state index is 0.0169. The van der Waals surface area contributed by atoms with E-state index >= 15 is 0 Å². The van der Waals surface area contributed by atoms with Crippen molar-refractivity contribution in [2.45, 2.75) is 58.7 Å². The Bertz CT molecular complexity index is 931. The highest BCUT2D eigenvalue weighted by atomic mass is 16.7. The molecular formula is C22H28N4O4. The topological polar surface area (TPSA) is 94.5 Å². The molecule has 2 amide bonds. The van der Waals surface area contributed by atoms with Gasteiger partial charge in [0.1, 0.15) is 0 Å². The molecule has 0 radical (unpaired) electrons. The molecule has 2 heterocycles. The molecule has 0 atom stereocenters. The Kier molecular flexibility index (Phi) is 5.92. The number of hydrogen-bond acceptors (Lipinski definition) is 5. The average Bonchev–Trinajstić information content (AvgIpc) is 3.38. The smallest absolute Gasteiger partial charge is 0.254 e. The lowest BCUT2D eigenvalue weighted by atomic mass is 9.85. The zero-order chi connectivity index (χ0) is 21.1. The molecule has 1 aromatic carbocycles. The van der Waals surface area contributed by atoms with Gasteiger partial charge < -0.3 is 20.1 Å². The third kappa shape index (κ3) is 4.27. The standard InChI is InChI=1S/C22H28N4O4/c1-3-26-14(2)18(12-24-26)22(28)25-17-7-5-16(6-8-17)21(27)23-11-15-4-9-19-20(10-15)30-13-29-19/h4,9-10,12,16-17H,3,5-8,11,13H2,1-2H3,(H,23,27)(H,25,28). The molecule has 1 saturated carbocycles. The van der Waals surface area contributed by atoms with Crippen LogP contribution in [0.3, 0.4) is 0 Å². The van der Waals surface area contributed by atoms with Gasteiger partial charge in [0.05, 0.1) is 11.8 Å². The van der Waals surface area contributed by atoms with Crippen LogP contribution in [0.2, 0.25) is 0 Å². The first-order valence-electron chi connectivity index (χ1n) is 10.5. The Labute approximate surface area is 175 Å². The quantitative estimate of drug-likeness (QED) is 0.760. The highest BCUT2D eigenvalue weighted by molar-refractivity contribution is 5.95. The number of carbonyl (C=O) groups excluding carboxylic acids is 2. The molecule has 0 unspecified atom stereocenters. The third-order valence-corrected chi connectivity index (χ3v) is 5.98. The Morgan fingerprint density at radius 3 is 2.67 bits per heavy atom. The number of benzene rings is 1. The van der Waals surface area contributed by atoms with Crippen molar-refractivity contribution in [3.8, 4) is 11.5 Å². The molecule has 2 aromatic rings. The minimum atomic E-state index is -0.0806. The second-order valence-corrected chi connectivity index (χ2v) is 7.89. The second-order valence-electron chi connectivity index (χ2n) is 7.89. The van der Waals surface area contributed by atoms with Gasteiger partial charge in [-0.15, -0.1) is 0 Å². The monoisotopic (exact) mass is 412 g/mol. The fourth-order valence-corrected chi connectivity index (χ4v) is 4.14. The van der Waals surface area contributed by atoms with Crippen molar-refractivity contribution in [1.29, 1.82) is 0 Å². The molecule has 2 aliphatic rings. The van der Waals surface area contributed by atoms with Gasteiger partial charge in [-0.25, -0.2) is 0 Å². The van der Waals surface area contributed by atoms with Crippen molar-refractivity contribution >= 4 is 11.8 Å². The van der Waals surface area contributed by atoms with Gasteiger partial charge >= 0.3 is 0 Å². The van der Waals surface area contributed by atoms with Crippen LogP contribution in [0.1, 0.15) is 54.2 Å². The van der Waals surface area contributed by atoms with Crippen LogP contribution < -0.4 is 20.1 Å². The molecule has 1 aliphatic heterocycles. The second kappa shape index (κ2) is 8.77. The number of hydrogen-bond donors (Lipinski definition) is 2. The summed E-state index contributed by atoms with van der Waals surface area (Å²) in [5, 5.41) is 10.4. The van der Waals surface area contributed by atoms with Crippen LogP contribution in [0, 0.1) is 12.8 Å². The summed E-state index contributed by atoms with van der Waals surface area (Å²) < 4.78 is 12.5. The van der Waals surface area contributed by atoms with Gasteiger partial charge in [-0.05, 0) is 57.2 Å². The van der Waals surface area contributed by atoms with Crippen molar-refractivity contribution in [3.63, 3.8) is 0 Å². The van der Waals surface area contributed by atoms with E-state index in [1.54, 1.807) is 6.20 Å². The minimum Gasteiger partial charge on any atom is -0.454 e. The van der Waals surface area contributed by atoms with Gasteiger partial charge in [0.15, 0.2) is 11.5 Å². The van der Waals surface area contributed by atoms with Gasteiger partial charge in [-0.3, -0.25) is 14.3 Å². The zero-order valence-corrected chi connectivity index (χ0v) is 17.4. The molecule has 0 saturated heterocycles. The number of rotatable bonds is 6. The molecule has 8 nitrogen and oxygen atoms in total. The van der Waals surface area contributed by atoms with Crippen molar-refractivity contribution in [2.24, 2.45) is 5.92 Å². The van der Waals surface area contributed by atoms with Gasteiger partial charge in [0, 0.05) is 30.7 Å². The number of ether oxygens (including phenoxy) is 2. The number of amides is 2. The number of carbonyl (C=O) groups is 2. The van der Waals surface area contributed by atoms with Gasteiger partial charge in [0.25, 0.3) is 5.91 Å². The summed E-state index contributed by atoms with van der Waals surface area (Å²) >= 11 is 0. The molecule has 8 heteroatoms. The van der Waals surface area contributed by atoms with Crippen molar-refractivity contribution in [2.75, 3.05) is 6.79 Å². The normalized spacial score (nSPS) is 20.1. The molecule has 1 fully saturated rings. The molecule has 30 heavy (non-hydrogen) atoms. The lowest BCUT2D eigenvalue weighted by Gasteiger charge is -2.28. The number of aromatic nitrogens is 2. The van der Waals surface area contributed by atoms with E-state index in [9.17, 15) is 9.59 Å². The largest absolute Gasteiger partial charge is 0.454 e. The summed E-state index contributed by atoms with van der Waals surface area (Å²) in [4.78, 5) is 25.1. The number of aryl methyl sites for hydroxylation is 1. The average molecular weight is 412 g/mol. The Hall–Kier alpha value is -3.03. The van der Waals surface area contributed by atoms with Crippen LogP contribution in [0.15, 0.2) is 24.4 Å². The highest BCUT2D eigenvalue weighted by Crippen LogP contribution is 2.32. The Morgan fingerprint density at radius 1 is 1.17 bits per heavy atom. The van der Waals surface area contributed by atoms with E-state index in [-0.39, 0.29) is 30.6 Å². The molecule has 1 aromatic heterocycles. The van der Waals surface area contributed by atoms with E-state index in [0.29, 0.717) is 12.1 Å². The summed E-state index contributed by atoms with van der Waals surface area (Å²) in [7, 11) is 0. The SMILES string of the molecule is CCn1ncc(C(=O)NC2CCC(C(=O)NCc3ccc4c(c3)OCO4)CC2)c1C.